The van der Waals surface area contributed by atoms with E-state index in [2.05, 4.69) is 30.3 Å². The van der Waals surface area contributed by atoms with Crippen molar-refractivity contribution in [2.75, 3.05) is 41.4 Å². The Labute approximate surface area is 165 Å². The molecule has 2 aliphatic rings. The molecule has 2 aliphatic heterocycles. The lowest BCUT2D eigenvalue weighted by atomic mass is 10.1. The first-order valence-corrected chi connectivity index (χ1v) is 10.1. The van der Waals surface area contributed by atoms with Gasteiger partial charge in [0.05, 0.1) is 6.21 Å². The minimum Gasteiger partial charge on any atom is -0.508 e. The van der Waals surface area contributed by atoms with Crippen molar-refractivity contribution < 1.29 is 5.11 Å². The third kappa shape index (κ3) is 4.68. The van der Waals surface area contributed by atoms with Crippen LogP contribution >= 0.6 is 0 Å². The topological polar surface area (TPSA) is 89.8 Å². The Morgan fingerprint density at radius 1 is 0.786 bits per heavy atom. The number of phenols is 1. The second-order valence-corrected chi connectivity index (χ2v) is 7.32. The predicted molar refractivity (Wildman–Crippen MR) is 111 cm³/mol. The average molecular weight is 381 g/mol. The third-order valence-corrected chi connectivity index (χ3v) is 5.16. The van der Waals surface area contributed by atoms with Gasteiger partial charge < -0.3 is 14.9 Å². The van der Waals surface area contributed by atoms with Gasteiger partial charge in [0, 0.05) is 26.2 Å². The fourth-order valence-corrected chi connectivity index (χ4v) is 3.60. The Hall–Kier alpha value is -2.90. The van der Waals surface area contributed by atoms with E-state index in [4.69, 9.17) is 4.98 Å². The quantitative estimate of drug-likeness (QED) is 0.608. The molecule has 0 unspecified atom stereocenters. The van der Waals surface area contributed by atoms with Crippen molar-refractivity contribution in [1.29, 1.82) is 0 Å². The first-order valence-electron chi connectivity index (χ1n) is 10.1. The molecule has 148 valence electrons. The van der Waals surface area contributed by atoms with Crippen LogP contribution in [0.25, 0.3) is 0 Å². The Kier molecular flexibility index (Phi) is 5.84. The molecule has 2 saturated heterocycles. The molecular formula is C20H27N7O. The van der Waals surface area contributed by atoms with Gasteiger partial charge in [-0.2, -0.15) is 20.1 Å². The number of benzene rings is 1. The summed E-state index contributed by atoms with van der Waals surface area (Å²) in [5.41, 5.74) is 3.84. The molecule has 0 spiro atoms. The summed E-state index contributed by atoms with van der Waals surface area (Å²) in [6, 6.07) is 6.86. The molecule has 8 nitrogen and oxygen atoms in total. The summed E-state index contributed by atoms with van der Waals surface area (Å²) in [5.74, 6) is 2.17. The zero-order valence-corrected chi connectivity index (χ0v) is 16.1. The van der Waals surface area contributed by atoms with Gasteiger partial charge in [-0.25, -0.2) is 5.43 Å². The molecule has 2 aromatic rings. The van der Waals surface area contributed by atoms with Crippen LogP contribution < -0.4 is 15.2 Å². The molecule has 0 saturated carbocycles. The van der Waals surface area contributed by atoms with Crippen molar-refractivity contribution >= 4 is 24.1 Å². The Morgan fingerprint density at radius 3 is 1.86 bits per heavy atom. The number of hydrogen-bond donors (Lipinski definition) is 2. The van der Waals surface area contributed by atoms with E-state index in [1.54, 1.807) is 30.5 Å². The number of anilines is 3. The molecule has 0 bridgehead atoms. The maximum atomic E-state index is 9.37. The number of aromatic hydroxyl groups is 1. The number of aromatic nitrogens is 3. The molecule has 1 aromatic heterocycles. The van der Waals surface area contributed by atoms with Crippen molar-refractivity contribution in [3.63, 3.8) is 0 Å². The zero-order valence-electron chi connectivity index (χ0n) is 16.1. The summed E-state index contributed by atoms with van der Waals surface area (Å²) in [5, 5.41) is 13.6. The molecule has 1 aromatic carbocycles. The highest BCUT2D eigenvalue weighted by molar-refractivity contribution is 5.80. The van der Waals surface area contributed by atoms with Crippen LogP contribution in [0.3, 0.4) is 0 Å². The molecule has 0 amide bonds. The predicted octanol–water partition coefficient (Wildman–Crippen LogP) is 3.00. The van der Waals surface area contributed by atoms with Gasteiger partial charge in [0.25, 0.3) is 0 Å². The van der Waals surface area contributed by atoms with Crippen molar-refractivity contribution in [3.8, 4) is 5.75 Å². The molecule has 2 fully saturated rings. The maximum Gasteiger partial charge on any atom is 0.250 e. The van der Waals surface area contributed by atoms with E-state index in [1.165, 1.54) is 38.5 Å². The van der Waals surface area contributed by atoms with Gasteiger partial charge in [-0.3, -0.25) is 0 Å². The van der Waals surface area contributed by atoms with Crippen molar-refractivity contribution in [1.82, 2.24) is 15.0 Å². The number of rotatable bonds is 5. The van der Waals surface area contributed by atoms with Crippen molar-refractivity contribution in [2.45, 2.75) is 38.5 Å². The van der Waals surface area contributed by atoms with Crippen LogP contribution in [0.2, 0.25) is 0 Å². The molecule has 0 radical (unpaired) electrons. The fourth-order valence-electron chi connectivity index (χ4n) is 3.60. The summed E-state index contributed by atoms with van der Waals surface area (Å²) < 4.78 is 0. The number of hydrogen-bond acceptors (Lipinski definition) is 8. The van der Waals surface area contributed by atoms with E-state index >= 15 is 0 Å². The van der Waals surface area contributed by atoms with E-state index in [0.717, 1.165) is 43.6 Å². The first kappa shape index (κ1) is 18.5. The minimum atomic E-state index is 0.236. The lowest BCUT2D eigenvalue weighted by molar-refractivity contribution is 0.475. The Balaban J connectivity index is 1.54. The standard InChI is InChI=1S/C20H27N7O/c28-17-9-7-16(8-10-17)15-21-25-18-22-19(26-11-3-1-4-12-26)24-20(23-18)27-13-5-2-6-14-27/h7-10,15,28H,1-6,11-14H2,(H,22,23,24,25). The largest absolute Gasteiger partial charge is 0.508 e. The molecule has 0 aliphatic carbocycles. The molecule has 3 heterocycles. The highest BCUT2D eigenvalue weighted by Crippen LogP contribution is 2.22. The maximum absolute atomic E-state index is 9.37. The van der Waals surface area contributed by atoms with Crippen LogP contribution in [-0.2, 0) is 0 Å². The second-order valence-electron chi connectivity index (χ2n) is 7.32. The normalized spacial score (nSPS) is 17.9. The Bertz CT molecular complexity index is 760. The van der Waals surface area contributed by atoms with Gasteiger partial charge in [0.1, 0.15) is 5.75 Å². The summed E-state index contributed by atoms with van der Waals surface area (Å²) >= 11 is 0. The van der Waals surface area contributed by atoms with Crippen LogP contribution in [0, 0.1) is 0 Å². The van der Waals surface area contributed by atoms with Crippen molar-refractivity contribution in [2.24, 2.45) is 5.10 Å². The molecule has 28 heavy (non-hydrogen) atoms. The Morgan fingerprint density at radius 2 is 1.32 bits per heavy atom. The lowest BCUT2D eigenvalue weighted by Crippen LogP contribution is -2.34. The molecule has 4 rings (SSSR count). The van der Waals surface area contributed by atoms with Crippen molar-refractivity contribution in [3.05, 3.63) is 29.8 Å². The highest BCUT2D eigenvalue weighted by atomic mass is 16.3. The summed E-state index contributed by atoms with van der Waals surface area (Å²) in [7, 11) is 0. The minimum absolute atomic E-state index is 0.236. The number of hydrazone groups is 1. The monoisotopic (exact) mass is 381 g/mol. The van der Waals surface area contributed by atoms with E-state index in [9.17, 15) is 5.11 Å². The highest BCUT2D eigenvalue weighted by Gasteiger charge is 2.20. The van der Waals surface area contributed by atoms with Crippen LogP contribution in [0.1, 0.15) is 44.1 Å². The van der Waals surface area contributed by atoms with E-state index in [0.29, 0.717) is 5.95 Å². The van der Waals surface area contributed by atoms with Gasteiger partial charge in [0.2, 0.25) is 17.8 Å². The third-order valence-electron chi connectivity index (χ3n) is 5.16. The van der Waals surface area contributed by atoms with Gasteiger partial charge in [0.15, 0.2) is 0 Å². The van der Waals surface area contributed by atoms with Gasteiger partial charge in [-0.1, -0.05) is 0 Å². The number of phenolic OH excluding ortho intramolecular Hbond substituents is 1. The second kappa shape index (κ2) is 8.86. The lowest BCUT2D eigenvalue weighted by Gasteiger charge is -2.30. The van der Waals surface area contributed by atoms with Gasteiger partial charge in [-0.05, 0) is 68.4 Å². The van der Waals surface area contributed by atoms with E-state index < -0.39 is 0 Å². The van der Waals surface area contributed by atoms with Crippen LogP contribution in [0.4, 0.5) is 17.8 Å². The smallest absolute Gasteiger partial charge is 0.250 e. The molecule has 0 atom stereocenters. The van der Waals surface area contributed by atoms with Crippen LogP contribution in [0.15, 0.2) is 29.4 Å². The molecule has 2 N–H and O–H groups in total. The summed E-state index contributed by atoms with van der Waals surface area (Å²) in [4.78, 5) is 18.5. The summed E-state index contributed by atoms with van der Waals surface area (Å²) in [6.07, 6.45) is 8.91. The summed E-state index contributed by atoms with van der Waals surface area (Å²) in [6.45, 7) is 3.94. The van der Waals surface area contributed by atoms with Crippen LogP contribution in [-0.4, -0.2) is 52.5 Å². The number of nitrogens with zero attached hydrogens (tertiary/aromatic N) is 6. The molecule has 8 heteroatoms. The van der Waals surface area contributed by atoms with Gasteiger partial charge >= 0.3 is 0 Å². The molecular weight excluding hydrogens is 354 g/mol. The number of piperidine rings is 2. The number of nitrogens with one attached hydrogen (secondary N) is 1. The average Bonchev–Trinajstić information content (AvgIpc) is 2.76. The zero-order chi connectivity index (χ0) is 19.2. The SMILES string of the molecule is Oc1ccc(C=NNc2nc(N3CCCCC3)nc(N3CCCCC3)n2)cc1. The van der Waals surface area contributed by atoms with Gasteiger partial charge in [-0.15, -0.1) is 0 Å². The fraction of sp³-hybridized carbons (Fsp3) is 0.500. The van der Waals surface area contributed by atoms with E-state index in [1.807, 2.05) is 0 Å². The first-order chi connectivity index (χ1) is 13.8. The van der Waals surface area contributed by atoms with Crippen LogP contribution in [0.5, 0.6) is 5.75 Å². The van der Waals surface area contributed by atoms with E-state index in [-0.39, 0.29) is 5.75 Å².